The summed E-state index contributed by atoms with van der Waals surface area (Å²) in [6.45, 7) is 2.79. The number of hydrogen-bond acceptors (Lipinski definition) is 8. The largest absolute Gasteiger partial charge is 0.511 e. The summed E-state index contributed by atoms with van der Waals surface area (Å²) in [5.41, 5.74) is 6.26. The summed E-state index contributed by atoms with van der Waals surface area (Å²) in [4.78, 5) is 40.8. The molecular formula is C28H28N2O7. The van der Waals surface area contributed by atoms with Crippen LogP contribution in [0.4, 0.5) is 0 Å². The molecule has 3 unspecified atom stereocenters. The van der Waals surface area contributed by atoms with Crippen molar-refractivity contribution in [3.63, 3.8) is 0 Å². The van der Waals surface area contributed by atoms with Crippen LogP contribution in [-0.4, -0.2) is 50.8 Å². The molecule has 0 saturated carbocycles. The number of amides is 1. The molecule has 9 nitrogen and oxygen atoms in total. The lowest BCUT2D eigenvalue weighted by atomic mass is 9.62. The average Bonchev–Trinajstić information content (AvgIpc) is 3.51. The minimum absolute atomic E-state index is 0.00844. The highest BCUT2D eigenvalue weighted by molar-refractivity contribution is 6.22. The Morgan fingerprint density at radius 1 is 1.05 bits per heavy atom. The Morgan fingerprint density at radius 3 is 2.54 bits per heavy atom. The van der Waals surface area contributed by atoms with E-state index in [1.165, 1.54) is 18.9 Å². The van der Waals surface area contributed by atoms with Gasteiger partial charge in [-0.05, 0) is 80.4 Å². The van der Waals surface area contributed by atoms with Gasteiger partial charge in [-0.2, -0.15) is 0 Å². The summed E-state index contributed by atoms with van der Waals surface area (Å²) in [6, 6.07) is 6.98. The number of benzene rings is 1. The Balaban J connectivity index is 1.39. The highest BCUT2D eigenvalue weighted by Gasteiger charge is 2.50. The summed E-state index contributed by atoms with van der Waals surface area (Å²) in [7, 11) is 0. The van der Waals surface area contributed by atoms with Crippen LogP contribution in [0, 0.1) is 17.8 Å². The fourth-order valence-electron chi connectivity index (χ4n) is 6.64. The van der Waals surface area contributed by atoms with Crippen molar-refractivity contribution in [1.82, 2.24) is 4.90 Å². The smallest absolute Gasteiger partial charge is 0.255 e. The molecule has 192 valence electrons. The first-order chi connectivity index (χ1) is 17.7. The first-order valence-electron chi connectivity index (χ1n) is 12.6. The number of ketones is 2. The van der Waals surface area contributed by atoms with Gasteiger partial charge in [0.15, 0.2) is 11.6 Å². The number of aliphatic hydroxyl groups excluding tert-OH is 2. The second-order valence-electron chi connectivity index (χ2n) is 10.5. The molecule has 5 N–H and O–H groups in total. The zero-order valence-electron chi connectivity index (χ0n) is 20.2. The van der Waals surface area contributed by atoms with Crippen molar-refractivity contribution >= 4 is 17.5 Å². The molecule has 1 aromatic heterocycles. The van der Waals surface area contributed by atoms with Crippen molar-refractivity contribution in [1.29, 1.82) is 0 Å². The Morgan fingerprint density at radius 2 is 1.81 bits per heavy atom. The third kappa shape index (κ3) is 3.68. The monoisotopic (exact) mass is 504 g/mol. The van der Waals surface area contributed by atoms with E-state index in [0.717, 1.165) is 18.8 Å². The molecule has 1 saturated heterocycles. The van der Waals surface area contributed by atoms with Crippen molar-refractivity contribution in [2.24, 2.45) is 23.5 Å². The molecule has 37 heavy (non-hydrogen) atoms. The van der Waals surface area contributed by atoms with Gasteiger partial charge < -0.3 is 25.5 Å². The predicted molar refractivity (Wildman–Crippen MR) is 132 cm³/mol. The van der Waals surface area contributed by atoms with Crippen LogP contribution in [0.5, 0.6) is 5.75 Å². The maximum atomic E-state index is 13.7. The number of aromatic hydroxyl groups is 1. The molecule has 0 radical (unpaired) electrons. The van der Waals surface area contributed by atoms with E-state index in [-0.39, 0.29) is 29.1 Å². The van der Waals surface area contributed by atoms with Crippen LogP contribution < -0.4 is 5.73 Å². The number of hydrogen-bond donors (Lipinski definition) is 4. The van der Waals surface area contributed by atoms with E-state index in [4.69, 9.17) is 10.2 Å². The van der Waals surface area contributed by atoms with Crippen LogP contribution in [0.3, 0.4) is 0 Å². The number of likely N-dealkylation sites (tertiary alicyclic amines) is 1. The van der Waals surface area contributed by atoms with Crippen LogP contribution >= 0.6 is 0 Å². The SMILES string of the molecule is NC(=O)C1=C(O)CC2CC3Cc4c(-c5ccc(CN6CCCC6)o5)ccc(O)c4C(=O)C3=C(O)C2C1=O. The van der Waals surface area contributed by atoms with E-state index in [9.17, 15) is 29.7 Å². The van der Waals surface area contributed by atoms with Gasteiger partial charge in [0.05, 0.1) is 18.0 Å². The molecule has 2 heterocycles. The molecule has 3 aliphatic carbocycles. The molecule has 2 aromatic rings. The molecule has 0 bridgehead atoms. The molecule has 1 aliphatic heterocycles. The lowest BCUT2D eigenvalue weighted by Crippen LogP contribution is -2.43. The minimum atomic E-state index is -1.13. The van der Waals surface area contributed by atoms with E-state index in [2.05, 4.69) is 4.90 Å². The van der Waals surface area contributed by atoms with Gasteiger partial charge in [-0.1, -0.05) is 0 Å². The van der Waals surface area contributed by atoms with Gasteiger partial charge in [-0.15, -0.1) is 0 Å². The van der Waals surface area contributed by atoms with Gasteiger partial charge in [-0.3, -0.25) is 19.3 Å². The maximum absolute atomic E-state index is 13.7. The number of phenolic OH excluding ortho intramolecular Hbond substituents is 1. The van der Waals surface area contributed by atoms with Crippen molar-refractivity contribution in [3.05, 3.63) is 63.8 Å². The fourth-order valence-corrected chi connectivity index (χ4v) is 6.64. The molecule has 1 fully saturated rings. The highest BCUT2D eigenvalue weighted by atomic mass is 16.3. The summed E-state index contributed by atoms with van der Waals surface area (Å²) >= 11 is 0. The maximum Gasteiger partial charge on any atom is 0.255 e. The number of primary amides is 1. The van der Waals surface area contributed by atoms with E-state index in [1.54, 1.807) is 6.07 Å². The number of nitrogens with zero attached hydrogens (tertiary/aromatic N) is 1. The van der Waals surface area contributed by atoms with E-state index in [1.807, 2.05) is 12.1 Å². The number of carbonyl (C=O) groups excluding carboxylic acids is 3. The average molecular weight is 505 g/mol. The topological polar surface area (TPSA) is 154 Å². The van der Waals surface area contributed by atoms with Gasteiger partial charge in [0.2, 0.25) is 0 Å². The summed E-state index contributed by atoms with van der Waals surface area (Å²) in [5, 5.41) is 32.1. The van der Waals surface area contributed by atoms with E-state index < -0.39 is 46.6 Å². The van der Waals surface area contributed by atoms with Gasteiger partial charge >= 0.3 is 0 Å². The number of fused-ring (bicyclic) bond motifs is 3. The van der Waals surface area contributed by atoms with Crippen molar-refractivity contribution in [2.45, 2.75) is 38.6 Å². The second-order valence-corrected chi connectivity index (χ2v) is 10.5. The number of phenols is 1. The number of Topliss-reactive ketones (excluding diaryl/α,β-unsaturated/α-hetero) is 2. The Kier molecular flexibility index (Phi) is 5.49. The van der Waals surface area contributed by atoms with Gasteiger partial charge in [0.1, 0.15) is 34.4 Å². The number of aliphatic hydroxyl groups is 2. The van der Waals surface area contributed by atoms with E-state index in [0.29, 0.717) is 36.3 Å². The summed E-state index contributed by atoms with van der Waals surface area (Å²) in [5.74, 6) is -3.97. The Bertz CT molecular complexity index is 1410. The first kappa shape index (κ1) is 23.5. The standard InChI is InChI=1S/C28H28N2O7/c29-28(36)24-19(32)11-14-9-13-10-17-16(20-6-3-15(37-20)12-30-7-1-2-8-30)4-5-18(31)23(17)26(34)21(13)25(33)22(14)27(24)35/h3-6,13-14,22,31-33H,1-2,7-12H2,(H2,29,36). The number of furan rings is 1. The van der Waals surface area contributed by atoms with Crippen LogP contribution in [0.2, 0.25) is 0 Å². The predicted octanol–water partition coefficient (Wildman–Crippen LogP) is 3.32. The minimum Gasteiger partial charge on any atom is -0.511 e. The van der Waals surface area contributed by atoms with Crippen LogP contribution in [-0.2, 0) is 22.6 Å². The first-order valence-corrected chi connectivity index (χ1v) is 12.6. The summed E-state index contributed by atoms with van der Waals surface area (Å²) in [6.07, 6.45) is 3.06. The summed E-state index contributed by atoms with van der Waals surface area (Å²) < 4.78 is 6.15. The third-order valence-corrected chi connectivity index (χ3v) is 8.28. The number of allylic oxidation sites excluding steroid dienone is 3. The molecule has 4 aliphatic rings. The van der Waals surface area contributed by atoms with Crippen molar-refractivity contribution in [3.8, 4) is 17.1 Å². The fraction of sp³-hybridized carbons (Fsp3) is 0.393. The molecule has 1 amide bonds. The Labute approximate surface area is 212 Å². The normalized spacial score (nSPS) is 25.8. The molecule has 6 rings (SSSR count). The lowest BCUT2D eigenvalue weighted by Gasteiger charge is -2.41. The van der Waals surface area contributed by atoms with Crippen LogP contribution in [0.25, 0.3) is 11.3 Å². The number of carbonyl (C=O) groups is 3. The zero-order chi connectivity index (χ0) is 26.0. The third-order valence-electron chi connectivity index (χ3n) is 8.28. The molecule has 3 atom stereocenters. The quantitative estimate of drug-likeness (QED) is 0.462. The van der Waals surface area contributed by atoms with Crippen LogP contribution in [0.1, 0.15) is 47.4 Å². The number of nitrogens with two attached hydrogens (primary N) is 1. The van der Waals surface area contributed by atoms with E-state index >= 15 is 0 Å². The van der Waals surface area contributed by atoms with Crippen molar-refractivity contribution < 1.29 is 34.1 Å². The van der Waals surface area contributed by atoms with Crippen LogP contribution in [0.15, 0.2) is 51.3 Å². The number of rotatable bonds is 4. The lowest BCUT2D eigenvalue weighted by molar-refractivity contribution is -0.126. The van der Waals surface area contributed by atoms with Gasteiger partial charge in [0, 0.05) is 17.6 Å². The zero-order valence-corrected chi connectivity index (χ0v) is 20.2. The molecule has 0 spiro atoms. The molecule has 1 aromatic carbocycles. The van der Waals surface area contributed by atoms with Crippen molar-refractivity contribution in [2.75, 3.05) is 13.1 Å². The highest BCUT2D eigenvalue weighted by Crippen LogP contribution is 2.50. The van der Waals surface area contributed by atoms with Gasteiger partial charge in [-0.25, -0.2) is 0 Å². The Hall–Kier alpha value is -3.85. The molecule has 9 heteroatoms. The second kappa shape index (κ2) is 8.62. The molecular weight excluding hydrogens is 476 g/mol. The van der Waals surface area contributed by atoms with Gasteiger partial charge in [0.25, 0.3) is 5.91 Å².